The number of aromatic carboxylic acids is 1. The molecule has 108 valence electrons. The Kier molecular flexibility index (Phi) is 4.65. The minimum atomic E-state index is -1.05. The molecule has 1 aromatic rings. The Morgan fingerprint density at radius 1 is 1.45 bits per heavy atom. The second kappa shape index (κ2) is 6.26. The van der Waals surface area contributed by atoms with E-state index in [0.717, 1.165) is 23.7 Å². The molecule has 6 heteroatoms. The second-order valence-corrected chi connectivity index (χ2v) is 5.77. The number of amides is 2. The summed E-state index contributed by atoms with van der Waals surface area (Å²) in [4.78, 5) is 25.2. The monoisotopic (exact) mass is 340 g/mol. The van der Waals surface area contributed by atoms with Gasteiger partial charge in [0, 0.05) is 17.1 Å². The van der Waals surface area contributed by atoms with Crippen molar-refractivity contribution in [1.29, 1.82) is 0 Å². The van der Waals surface area contributed by atoms with Gasteiger partial charge < -0.3 is 15.3 Å². The molecule has 0 aromatic heterocycles. The smallest absolute Gasteiger partial charge is 0.337 e. The summed E-state index contributed by atoms with van der Waals surface area (Å²) in [5, 5.41) is 11.9. The highest BCUT2D eigenvalue weighted by Crippen LogP contribution is 2.28. The van der Waals surface area contributed by atoms with Crippen LogP contribution in [0.3, 0.4) is 0 Å². The van der Waals surface area contributed by atoms with Crippen LogP contribution < -0.4 is 5.32 Å². The van der Waals surface area contributed by atoms with Gasteiger partial charge in [-0.2, -0.15) is 0 Å². The van der Waals surface area contributed by atoms with Crippen molar-refractivity contribution in [3.63, 3.8) is 0 Å². The van der Waals surface area contributed by atoms with Crippen LogP contribution in [0.15, 0.2) is 22.7 Å². The average Bonchev–Trinajstić information content (AvgIpc) is 3.19. The van der Waals surface area contributed by atoms with Gasteiger partial charge in [0.15, 0.2) is 0 Å². The fraction of sp³-hybridized carbons (Fsp3) is 0.429. The van der Waals surface area contributed by atoms with Gasteiger partial charge in [-0.1, -0.05) is 22.9 Å². The number of halogens is 1. The lowest BCUT2D eigenvalue weighted by Crippen LogP contribution is -2.37. The Hall–Kier alpha value is -1.56. The molecule has 2 amide bonds. The van der Waals surface area contributed by atoms with Crippen molar-refractivity contribution in [2.45, 2.75) is 32.2 Å². The lowest BCUT2D eigenvalue weighted by atomic mass is 10.2. The van der Waals surface area contributed by atoms with E-state index < -0.39 is 5.97 Å². The summed E-state index contributed by atoms with van der Waals surface area (Å²) in [5.41, 5.74) is 0.410. The van der Waals surface area contributed by atoms with Gasteiger partial charge in [-0.05, 0) is 37.5 Å². The number of carboxylic acids is 1. The number of carboxylic acid groups (broad SMARTS) is 1. The van der Waals surface area contributed by atoms with Crippen LogP contribution in [0.4, 0.5) is 10.5 Å². The Balaban J connectivity index is 2.17. The first-order valence-corrected chi connectivity index (χ1v) is 7.42. The maximum absolute atomic E-state index is 12.3. The Morgan fingerprint density at radius 2 is 2.15 bits per heavy atom. The van der Waals surface area contributed by atoms with Crippen molar-refractivity contribution in [2.24, 2.45) is 0 Å². The van der Waals surface area contributed by atoms with E-state index in [0.29, 0.717) is 18.3 Å². The highest BCUT2D eigenvalue weighted by Gasteiger charge is 2.32. The van der Waals surface area contributed by atoms with Gasteiger partial charge in [0.25, 0.3) is 0 Å². The van der Waals surface area contributed by atoms with Gasteiger partial charge >= 0.3 is 12.0 Å². The third-order valence-corrected chi connectivity index (χ3v) is 3.66. The lowest BCUT2D eigenvalue weighted by molar-refractivity contribution is 0.0698. The van der Waals surface area contributed by atoms with E-state index in [1.54, 1.807) is 17.0 Å². The molecule has 2 rings (SSSR count). The molecule has 0 spiro atoms. The van der Waals surface area contributed by atoms with Crippen molar-refractivity contribution in [1.82, 2.24) is 4.90 Å². The highest BCUT2D eigenvalue weighted by molar-refractivity contribution is 9.10. The fourth-order valence-corrected chi connectivity index (χ4v) is 2.43. The van der Waals surface area contributed by atoms with Crippen molar-refractivity contribution in [3.8, 4) is 0 Å². The van der Waals surface area contributed by atoms with Gasteiger partial charge in [0.05, 0.1) is 11.3 Å². The van der Waals surface area contributed by atoms with Gasteiger partial charge in [0.2, 0.25) is 0 Å². The molecule has 0 atom stereocenters. The number of nitrogens with zero attached hydrogens (tertiary/aromatic N) is 1. The van der Waals surface area contributed by atoms with E-state index in [9.17, 15) is 9.59 Å². The summed E-state index contributed by atoms with van der Waals surface area (Å²) in [6.45, 7) is 2.71. The Bertz CT molecular complexity index is 529. The number of nitrogens with one attached hydrogen (secondary N) is 1. The number of urea groups is 1. The molecule has 1 aliphatic carbocycles. The molecule has 0 radical (unpaired) electrons. The molecule has 1 aromatic carbocycles. The zero-order chi connectivity index (χ0) is 14.7. The minimum absolute atomic E-state index is 0.0915. The Morgan fingerprint density at radius 3 is 2.70 bits per heavy atom. The van der Waals surface area contributed by atoms with Crippen LogP contribution >= 0.6 is 15.9 Å². The van der Waals surface area contributed by atoms with Gasteiger partial charge in [-0.25, -0.2) is 9.59 Å². The summed E-state index contributed by atoms with van der Waals surface area (Å²) in [6, 6.07) is 4.80. The number of carbonyl (C=O) groups excluding carboxylic acids is 1. The topological polar surface area (TPSA) is 69.6 Å². The molecule has 2 N–H and O–H groups in total. The summed E-state index contributed by atoms with van der Waals surface area (Å²) < 4.78 is 0.728. The molecule has 0 saturated heterocycles. The van der Waals surface area contributed by atoms with Crippen LogP contribution in [0.1, 0.15) is 36.5 Å². The highest BCUT2D eigenvalue weighted by atomic mass is 79.9. The van der Waals surface area contributed by atoms with E-state index in [1.165, 1.54) is 6.07 Å². The maximum atomic E-state index is 12.3. The fourth-order valence-electron chi connectivity index (χ4n) is 2.07. The van der Waals surface area contributed by atoms with Crippen LogP contribution in [0.25, 0.3) is 0 Å². The first kappa shape index (κ1) is 14.8. The first-order chi connectivity index (χ1) is 9.52. The molecule has 0 aliphatic heterocycles. The van der Waals surface area contributed by atoms with E-state index in [-0.39, 0.29) is 11.6 Å². The molecule has 1 saturated carbocycles. The van der Waals surface area contributed by atoms with Gasteiger partial charge in [-0.3, -0.25) is 0 Å². The Labute approximate surface area is 126 Å². The molecular weight excluding hydrogens is 324 g/mol. The third-order valence-electron chi connectivity index (χ3n) is 3.17. The molecule has 20 heavy (non-hydrogen) atoms. The number of hydrogen-bond donors (Lipinski definition) is 2. The van der Waals surface area contributed by atoms with E-state index in [2.05, 4.69) is 21.2 Å². The standard InChI is InChI=1S/C14H17BrN2O3/c1-2-7-17(10-4-5-10)14(20)16-12-8-9(15)3-6-11(12)13(18)19/h3,6,8,10H,2,4-5,7H2,1H3,(H,16,20)(H,18,19). The van der Waals surface area contributed by atoms with Crippen LogP contribution in [-0.4, -0.2) is 34.6 Å². The second-order valence-electron chi connectivity index (χ2n) is 4.85. The molecule has 0 heterocycles. The maximum Gasteiger partial charge on any atom is 0.337 e. The zero-order valence-electron chi connectivity index (χ0n) is 11.2. The SMILES string of the molecule is CCCN(C(=O)Nc1cc(Br)ccc1C(=O)O)C1CC1. The number of carbonyl (C=O) groups is 2. The summed E-state index contributed by atoms with van der Waals surface area (Å²) >= 11 is 3.29. The van der Waals surface area contributed by atoms with Crippen molar-refractivity contribution in [3.05, 3.63) is 28.2 Å². The molecule has 1 aliphatic rings. The molecule has 5 nitrogen and oxygen atoms in total. The zero-order valence-corrected chi connectivity index (χ0v) is 12.8. The summed E-state index contributed by atoms with van der Waals surface area (Å²) in [5.74, 6) is -1.05. The largest absolute Gasteiger partial charge is 0.478 e. The summed E-state index contributed by atoms with van der Waals surface area (Å²) in [7, 11) is 0. The van der Waals surface area contributed by atoms with E-state index >= 15 is 0 Å². The molecule has 0 unspecified atom stereocenters. The predicted octanol–water partition coefficient (Wildman–Crippen LogP) is 3.55. The number of anilines is 1. The normalized spacial score (nSPS) is 13.9. The average molecular weight is 341 g/mol. The van der Waals surface area contributed by atoms with Crippen LogP contribution in [0, 0.1) is 0 Å². The van der Waals surface area contributed by atoms with Gasteiger partial charge in [0.1, 0.15) is 0 Å². The predicted molar refractivity (Wildman–Crippen MR) is 80.1 cm³/mol. The van der Waals surface area contributed by atoms with Crippen molar-refractivity contribution >= 4 is 33.6 Å². The van der Waals surface area contributed by atoms with Crippen molar-refractivity contribution in [2.75, 3.05) is 11.9 Å². The molecule has 0 bridgehead atoms. The van der Waals surface area contributed by atoms with Crippen LogP contribution in [0.5, 0.6) is 0 Å². The first-order valence-electron chi connectivity index (χ1n) is 6.63. The number of benzene rings is 1. The van der Waals surface area contributed by atoms with E-state index in [1.807, 2.05) is 6.92 Å². The van der Waals surface area contributed by atoms with E-state index in [4.69, 9.17) is 5.11 Å². The quantitative estimate of drug-likeness (QED) is 0.860. The third kappa shape index (κ3) is 3.50. The van der Waals surface area contributed by atoms with Crippen LogP contribution in [0.2, 0.25) is 0 Å². The minimum Gasteiger partial charge on any atom is -0.478 e. The molecular formula is C14H17BrN2O3. The van der Waals surface area contributed by atoms with Crippen LogP contribution in [-0.2, 0) is 0 Å². The van der Waals surface area contributed by atoms with Gasteiger partial charge in [-0.15, -0.1) is 0 Å². The van der Waals surface area contributed by atoms with Crippen molar-refractivity contribution < 1.29 is 14.7 Å². The number of hydrogen-bond acceptors (Lipinski definition) is 2. The number of rotatable bonds is 5. The summed E-state index contributed by atoms with van der Waals surface area (Å²) in [6.07, 6.45) is 2.93. The lowest BCUT2D eigenvalue weighted by Gasteiger charge is -2.22. The molecule has 1 fully saturated rings.